The first kappa shape index (κ1) is 19.2. The van der Waals surface area contributed by atoms with E-state index in [-0.39, 0.29) is 27.5 Å². The molecule has 0 unspecified atom stereocenters. The summed E-state index contributed by atoms with van der Waals surface area (Å²) in [6.45, 7) is 1.98. The Morgan fingerprint density at radius 3 is 2.38 bits per heavy atom. The molecule has 1 amide bonds. The number of rotatable bonds is 3. The number of aromatic nitrogens is 3. The molecule has 2 heterocycles. The molecular formula is C20H22ClF3N4O. The van der Waals surface area contributed by atoms with Crippen molar-refractivity contribution in [2.75, 3.05) is 6.54 Å². The molecule has 0 spiro atoms. The quantitative estimate of drug-likeness (QED) is 0.776. The van der Waals surface area contributed by atoms with Crippen LogP contribution >= 0.6 is 11.6 Å². The summed E-state index contributed by atoms with van der Waals surface area (Å²) in [7, 11) is 0. The average Bonchev–Trinajstić information content (AvgIpc) is 2.94. The lowest BCUT2D eigenvalue weighted by Crippen LogP contribution is -2.51. The SMILES string of the molecule is Cc1cc(C(F)(F)F)n2nc(C(=O)NCC34CC5CC(CC(C5)C3)C4)c(Cl)c2n1. The molecule has 4 bridgehead atoms. The Morgan fingerprint density at radius 1 is 1.24 bits per heavy atom. The largest absolute Gasteiger partial charge is 0.433 e. The highest BCUT2D eigenvalue weighted by atomic mass is 35.5. The maximum absolute atomic E-state index is 13.4. The van der Waals surface area contributed by atoms with Gasteiger partial charge in [0.05, 0.1) is 0 Å². The predicted octanol–water partition coefficient (Wildman–Crippen LogP) is 4.66. The first-order valence-corrected chi connectivity index (χ1v) is 10.4. The van der Waals surface area contributed by atoms with Crippen molar-refractivity contribution in [1.82, 2.24) is 19.9 Å². The molecule has 4 fully saturated rings. The van der Waals surface area contributed by atoms with Crippen LogP contribution in [0.2, 0.25) is 5.02 Å². The monoisotopic (exact) mass is 426 g/mol. The Bertz CT molecular complexity index is 964. The summed E-state index contributed by atoms with van der Waals surface area (Å²) in [6.07, 6.45) is 2.64. The van der Waals surface area contributed by atoms with E-state index in [1.807, 2.05) is 0 Å². The third kappa shape index (κ3) is 3.20. The average molecular weight is 427 g/mol. The van der Waals surface area contributed by atoms with Gasteiger partial charge in [0.2, 0.25) is 0 Å². The van der Waals surface area contributed by atoms with Crippen molar-refractivity contribution in [3.05, 3.63) is 28.2 Å². The summed E-state index contributed by atoms with van der Waals surface area (Å²) in [6, 6.07) is 0.896. The number of halogens is 4. The highest BCUT2D eigenvalue weighted by molar-refractivity contribution is 6.36. The molecule has 0 aromatic carbocycles. The van der Waals surface area contributed by atoms with Gasteiger partial charge in [-0.05, 0) is 74.7 Å². The van der Waals surface area contributed by atoms with Crippen LogP contribution in [0.5, 0.6) is 0 Å². The van der Waals surface area contributed by atoms with Gasteiger partial charge in [0, 0.05) is 12.2 Å². The van der Waals surface area contributed by atoms with E-state index >= 15 is 0 Å². The van der Waals surface area contributed by atoms with Gasteiger partial charge in [0.15, 0.2) is 11.3 Å². The zero-order valence-corrected chi connectivity index (χ0v) is 16.8. The van der Waals surface area contributed by atoms with Crippen molar-refractivity contribution in [3.8, 4) is 0 Å². The Hall–Kier alpha value is -1.83. The molecule has 0 aliphatic heterocycles. The van der Waals surface area contributed by atoms with Crippen molar-refractivity contribution < 1.29 is 18.0 Å². The first-order valence-electron chi connectivity index (χ1n) is 10.0. The zero-order chi connectivity index (χ0) is 20.6. The number of fused-ring (bicyclic) bond motifs is 1. The minimum atomic E-state index is -4.63. The fourth-order valence-corrected chi connectivity index (χ4v) is 6.56. The second-order valence-electron chi connectivity index (χ2n) is 9.28. The highest BCUT2D eigenvalue weighted by Crippen LogP contribution is 2.59. The van der Waals surface area contributed by atoms with Crippen molar-refractivity contribution in [1.29, 1.82) is 0 Å². The lowest BCUT2D eigenvalue weighted by Gasteiger charge is -2.56. The predicted molar refractivity (Wildman–Crippen MR) is 101 cm³/mol. The third-order valence-corrected chi connectivity index (χ3v) is 7.30. The van der Waals surface area contributed by atoms with Gasteiger partial charge in [-0.2, -0.15) is 18.3 Å². The number of carbonyl (C=O) groups is 1. The lowest BCUT2D eigenvalue weighted by molar-refractivity contribution is -0.142. The van der Waals surface area contributed by atoms with Crippen molar-refractivity contribution >= 4 is 23.2 Å². The minimum absolute atomic E-state index is 0.113. The smallest absolute Gasteiger partial charge is 0.350 e. The van der Waals surface area contributed by atoms with E-state index in [9.17, 15) is 18.0 Å². The van der Waals surface area contributed by atoms with Crippen LogP contribution in [0.4, 0.5) is 13.2 Å². The summed E-state index contributed by atoms with van der Waals surface area (Å²) in [5, 5.41) is 6.65. The van der Waals surface area contributed by atoms with E-state index < -0.39 is 17.8 Å². The molecule has 0 atom stereocenters. The van der Waals surface area contributed by atoms with Crippen LogP contribution in [0.15, 0.2) is 6.07 Å². The van der Waals surface area contributed by atoms with E-state index in [1.54, 1.807) is 0 Å². The van der Waals surface area contributed by atoms with E-state index in [2.05, 4.69) is 15.4 Å². The van der Waals surface area contributed by atoms with Gasteiger partial charge < -0.3 is 5.32 Å². The number of nitrogens with one attached hydrogen (secondary N) is 1. The maximum atomic E-state index is 13.4. The number of carbonyl (C=O) groups excluding carboxylic acids is 1. The molecule has 29 heavy (non-hydrogen) atoms. The van der Waals surface area contributed by atoms with E-state index in [4.69, 9.17) is 11.6 Å². The molecule has 5 nitrogen and oxygen atoms in total. The molecule has 0 radical (unpaired) electrons. The minimum Gasteiger partial charge on any atom is -0.350 e. The van der Waals surface area contributed by atoms with Crippen LogP contribution in [0, 0.1) is 30.1 Å². The summed E-state index contributed by atoms with van der Waals surface area (Å²) >= 11 is 6.23. The zero-order valence-electron chi connectivity index (χ0n) is 16.0. The van der Waals surface area contributed by atoms with Gasteiger partial charge >= 0.3 is 6.18 Å². The van der Waals surface area contributed by atoms with Gasteiger partial charge in [-0.3, -0.25) is 4.79 Å². The molecule has 4 aliphatic carbocycles. The number of aryl methyl sites for hydroxylation is 1. The van der Waals surface area contributed by atoms with Crippen LogP contribution < -0.4 is 5.32 Å². The Kier molecular flexibility index (Phi) is 4.18. The van der Waals surface area contributed by atoms with E-state index in [0.29, 0.717) is 11.1 Å². The van der Waals surface area contributed by atoms with Gasteiger partial charge in [0.1, 0.15) is 10.7 Å². The van der Waals surface area contributed by atoms with Crippen LogP contribution in [-0.4, -0.2) is 27.0 Å². The molecular weight excluding hydrogens is 405 g/mol. The number of amides is 1. The number of nitrogens with zero attached hydrogens (tertiary/aromatic N) is 3. The molecule has 9 heteroatoms. The maximum Gasteiger partial charge on any atom is 0.433 e. The highest BCUT2D eigenvalue weighted by Gasteiger charge is 2.50. The Morgan fingerprint density at radius 2 is 1.83 bits per heavy atom. The number of hydrogen-bond acceptors (Lipinski definition) is 3. The van der Waals surface area contributed by atoms with Gasteiger partial charge in [0.25, 0.3) is 5.91 Å². The standard InChI is InChI=1S/C20H22ClF3N4O/c1-10-2-14(20(22,23)24)28-17(26-10)15(21)16(27-28)18(29)25-9-19-6-11-3-12(7-19)5-13(4-11)8-19/h2,11-13H,3-9H2,1H3,(H,25,29). The summed E-state index contributed by atoms with van der Waals surface area (Å²) < 4.78 is 40.8. The second-order valence-corrected chi connectivity index (χ2v) is 9.66. The second kappa shape index (κ2) is 6.33. The lowest BCUT2D eigenvalue weighted by atomic mass is 9.49. The molecule has 0 saturated heterocycles. The van der Waals surface area contributed by atoms with Crippen LogP contribution in [0.25, 0.3) is 5.65 Å². The van der Waals surface area contributed by atoms with E-state index in [1.165, 1.54) is 26.2 Å². The molecule has 156 valence electrons. The van der Waals surface area contributed by atoms with E-state index in [0.717, 1.165) is 43.1 Å². The molecule has 4 aliphatic rings. The van der Waals surface area contributed by atoms with Crippen molar-refractivity contribution in [3.63, 3.8) is 0 Å². The van der Waals surface area contributed by atoms with Crippen molar-refractivity contribution in [2.45, 2.75) is 51.6 Å². The molecule has 2 aromatic rings. The summed E-state index contributed by atoms with van der Waals surface area (Å²) in [5.41, 5.74) is -1.09. The van der Waals surface area contributed by atoms with Crippen LogP contribution in [0.3, 0.4) is 0 Å². The molecule has 1 N–H and O–H groups in total. The Balaban J connectivity index is 1.41. The summed E-state index contributed by atoms with van der Waals surface area (Å²) in [5.74, 6) is 1.71. The van der Waals surface area contributed by atoms with Crippen molar-refractivity contribution in [2.24, 2.45) is 23.2 Å². The van der Waals surface area contributed by atoms with Gasteiger partial charge in [-0.15, -0.1) is 0 Å². The molecule has 4 saturated carbocycles. The fraction of sp³-hybridized carbons (Fsp3) is 0.650. The first-order chi connectivity index (χ1) is 13.6. The molecule has 2 aromatic heterocycles. The Labute approximate surface area is 171 Å². The van der Waals surface area contributed by atoms with Gasteiger partial charge in [-0.25, -0.2) is 9.50 Å². The number of hydrogen-bond donors (Lipinski definition) is 1. The topological polar surface area (TPSA) is 59.3 Å². The number of alkyl halides is 3. The van der Waals surface area contributed by atoms with Gasteiger partial charge in [-0.1, -0.05) is 11.6 Å². The van der Waals surface area contributed by atoms with Crippen LogP contribution in [-0.2, 0) is 6.18 Å². The summed E-state index contributed by atoms with van der Waals surface area (Å²) in [4.78, 5) is 16.8. The normalized spacial score (nSPS) is 30.9. The third-order valence-electron chi connectivity index (χ3n) is 6.96. The fourth-order valence-electron chi connectivity index (χ4n) is 6.32. The molecule has 6 rings (SSSR count). The van der Waals surface area contributed by atoms with Crippen LogP contribution in [0.1, 0.15) is 60.4 Å².